The van der Waals surface area contributed by atoms with Crippen LogP contribution in [0.5, 0.6) is 0 Å². The number of fused-ring (bicyclic) bond motifs is 1. The fourth-order valence-electron chi connectivity index (χ4n) is 4.97. The number of imidazole rings is 1. The number of hydrogen-bond donors (Lipinski definition) is 5. The van der Waals surface area contributed by atoms with E-state index < -0.39 is 46.8 Å². The lowest BCUT2D eigenvalue weighted by Crippen LogP contribution is -2.33. The second-order valence-corrected chi connectivity index (χ2v) is 13.9. The number of aromatic nitrogens is 4. The zero-order valence-corrected chi connectivity index (χ0v) is 26.6. The van der Waals surface area contributed by atoms with Crippen LogP contribution in [0.15, 0.2) is 12.7 Å². The Bertz CT molecular complexity index is 1200. The first-order valence-electron chi connectivity index (χ1n) is 15.2. The molecule has 1 aliphatic rings. The summed E-state index contributed by atoms with van der Waals surface area (Å²) >= 11 is 0. The molecule has 0 aromatic carbocycles. The molecule has 2 aromatic heterocycles. The number of nitrogens with zero attached hydrogens (tertiary/aromatic N) is 4. The van der Waals surface area contributed by atoms with Crippen LogP contribution in [-0.2, 0) is 27.2 Å². The van der Waals surface area contributed by atoms with Crippen LogP contribution in [0.4, 0.5) is 5.82 Å². The van der Waals surface area contributed by atoms with Gasteiger partial charge in [-0.05, 0) is 6.42 Å². The van der Waals surface area contributed by atoms with Crippen LogP contribution in [0.25, 0.3) is 11.2 Å². The van der Waals surface area contributed by atoms with Crippen LogP contribution < -0.4 is 5.73 Å². The predicted octanol–water partition coefficient (Wildman–Crippen LogP) is 4.76. The molecule has 0 saturated carbocycles. The summed E-state index contributed by atoms with van der Waals surface area (Å²) in [7, 11) is -10.00. The predicted molar refractivity (Wildman–Crippen MR) is 159 cm³/mol. The number of nitrogen functional groups attached to an aromatic ring is 1. The van der Waals surface area contributed by atoms with E-state index in [0.29, 0.717) is 6.42 Å². The van der Waals surface area contributed by atoms with Gasteiger partial charge < -0.3 is 30.5 Å². The van der Waals surface area contributed by atoms with E-state index in [2.05, 4.69) is 26.2 Å². The Kier molecular flexibility index (Phi) is 14.9. The third-order valence-electron chi connectivity index (χ3n) is 7.36. The number of rotatable bonds is 22. The number of phosphoric ester groups is 2. The third kappa shape index (κ3) is 11.7. The molecule has 2 unspecified atom stereocenters. The number of aliphatic hydroxyl groups excluding tert-OH is 2. The summed E-state index contributed by atoms with van der Waals surface area (Å²) in [5.41, 5.74) is 6.26. The lowest BCUT2D eigenvalue weighted by Gasteiger charge is -2.19. The molecular formula is C26H47N5O10P2. The summed E-state index contributed by atoms with van der Waals surface area (Å²) in [5, 5.41) is 20.9. The Morgan fingerprint density at radius 3 is 2.00 bits per heavy atom. The molecule has 0 amide bonds. The second kappa shape index (κ2) is 17.8. The largest absolute Gasteiger partial charge is 0.481 e. The lowest BCUT2D eigenvalue weighted by atomic mass is 10.0. The second-order valence-electron chi connectivity index (χ2n) is 10.9. The van der Waals surface area contributed by atoms with Crippen molar-refractivity contribution in [3.8, 4) is 0 Å². The van der Waals surface area contributed by atoms with Crippen molar-refractivity contribution in [2.75, 3.05) is 18.9 Å². The topological polar surface area (TPSA) is 222 Å². The molecule has 0 spiro atoms. The summed E-state index contributed by atoms with van der Waals surface area (Å²) < 4.78 is 45.4. The molecule has 6 atom stereocenters. The van der Waals surface area contributed by atoms with Gasteiger partial charge in [-0.1, -0.05) is 90.4 Å². The molecule has 0 bridgehead atoms. The van der Waals surface area contributed by atoms with Crippen LogP contribution >= 0.6 is 15.6 Å². The number of aliphatic hydroxyl groups is 2. The highest BCUT2D eigenvalue weighted by Crippen LogP contribution is 2.60. The quantitative estimate of drug-likeness (QED) is 0.0856. The molecule has 2 aromatic rings. The van der Waals surface area contributed by atoms with Crippen molar-refractivity contribution in [1.82, 2.24) is 19.5 Å². The van der Waals surface area contributed by atoms with Crippen molar-refractivity contribution in [2.24, 2.45) is 0 Å². The van der Waals surface area contributed by atoms with E-state index in [-0.39, 0.29) is 23.6 Å². The molecule has 43 heavy (non-hydrogen) atoms. The van der Waals surface area contributed by atoms with E-state index >= 15 is 0 Å². The summed E-state index contributed by atoms with van der Waals surface area (Å²) in [6.07, 6.45) is 13.1. The fourth-order valence-corrected chi connectivity index (χ4v) is 7.09. The number of phosphoric acid groups is 2. The maximum absolute atomic E-state index is 12.3. The molecule has 3 rings (SSSR count). The zero-order valence-electron chi connectivity index (χ0n) is 24.8. The Hall–Kier alpha value is -1.51. The monoisotopic (exact) mass is 651 g/mol. The molecule has 1 aliphatic heterocycles. The number of unbranched alkanes of at least 4 members (excludes halogenated alkanes) is 13. The summed E-state index contributed by atoms with van der Waals surface area (Å²) in [4.78, 5) is 31.8. The smallest absolute Gasteiger partial charge is 0.387 e. The molecule has 0 aliphatic carbocycles. The van der Waals surface area contributed by atoms with Crippen LogP contribution in [-0.4, -0.2) is 71.0 Å². The molecule has 15 nitrogen and oxygen atoms in total. The van der Waals surface area contributed by atoms with Gasteiger partial charge in [-0.3, -0.25) is 13.6 Å². The average Bonchev–Trinajstić information content (AvgIpc) is 3.50. The zero-order chi connectivity index (χ0) is 31.3. The highest BCUT2D eigenvalue weighted by atomic mass is 31.3. The fraction of sp³-hybridized carbons (Fsp3) is 0.808. The lowest BCUT2D eigenvalue weighted by molar-refractivity contribution is -0.0504. The first-order chi connectivity index (χ1) is 20.5. The van der Waals surface area contributed by atoms with Crippen molar-refractivity contribution in [2.45, 2.75) is 121 Å². The van der Waals surface area contributed by atoms with Gasteiger partial charge in [0.25, 0.3) is 0 Å². The average molecular weight is 652 g/mol. The van der Waals surface area contributed by atoms with Crippen LogP contribution in [0, 0.1) is 0 Å². The maximum Gasteiger partial charge on any atom is 0.481 e. The van der Waals surface area contributed by atoms with Gasteiger partial charge in [-0.15, -0.1) is 0 Å². The van der Waals surface area contributed by atoms with E-state index in [1.165, 1.54) is 75.0 Å². The molecule has 3 heterocycles. The molecular weight excluding hydrogens is 604 g/mol. The van der Waals surface area contributed by atoms with E-state index in [1.807, 2.05) is 0 Å². The van der Waals surface area contributed by atoms with Gasteiger partial charge in [0.05, 0.1) is 19.5 Å². The van der Waals surface area contributed by atoms with E-state index in [1.54, 1.807) is 0 Å². The Balaban J connectivity index is 1.29. The van der Waals surface area contributed by atoms with Gasteiger partial charge in [0.2, 0.25) is 0 Å². The van der Waals surface area contributed by atoms with Crippen molar-refractivity contribution >= 4 is 32.6 Å². The summed E-state index contributed by atoms with van der Waals surface area (Å²) in [6, 6.07) is 0. The molecule has 6 N–H and O–H groups in total. The number of anilines is 1. The first kappa shape index (κ1) is 36.0. The van der Waals surface area contributed by atoms with Crippen LogP contribution in [0.2, 0.25) is 0 Å². The molecule has 1 saturated heterocycles. The van der Waals surface area contributed by atoms with Gasteiger partial charge in [0.15, 0.2) is 17.7 Å². The van der Waals surface area contributed by atoms with Gasteiger partial charge in [0, 0.05) is 0 Å². The maximum atomic E-state index is 12.3. The minimum absolute atomic E-state index is 0.107. The van der Waals surface area contributed by atoms with Crippen molar-refractivity contribution in [1.29, 1.82) is 0 Å². The Morgan fingerprint density at radius 1 is 0.837 bits per heavy atom. The van der Waals surface area contributed by atoms with Crippen LogP contribution in [0.1, 0.15) is 103 Å². The minimum atomic E-state index is -5.10. The molecule has 246 valence electrons. The third-order valence-corrected chi connectivity index (χ3v) is 9.99. The minimum Gasteiger partial charge on any atom is -0.387 e. The van der Waals surface area contributed by atoms with Gasteiger partial charge in [0.1, 0.15) is 30.2 Å². The van der Waals surface area contributed by atoms with Crippen molar-refractivity contribution in [3.05, 3.63) is 12.7 Å². The molecule has 1 fully saturated rings. The van der Waals surface area contributed by atoms with Crippen molar-refractivity contribution in [3.63, 3.8) is 0 Å². The summed E-state index contributed by atoms with van der Waals surface area (Å²) in [5.74, 6) is 0.107. The number of nitrogens with two attached hydrogens (primary N) is 1. The molecule has 17 heteroatoms. The summed E-state index contributed by atoms with van der Waals surface area (Å²) in [6.45, 7) is 1.35. The Labute approximate surface area is 252 Å². The van der Waals surface area contributed by atoms with Gasteiger partial charge in [-0.25, -0.2) is 24.1 Å². The van der Waals surface area contributed by atoms with Crippen molar-refractivity contribution < 1.29 is 47.2 Å². The molecule has 0 radical (unpaired) electrons. The van der Waals surface area contributed by atoms with Crippen LogP contribution in [0.3, 0.4) is 0 Å². The van der Waals surface area contributed by atoms with E-state index in [9.17, 15) is 29.1 Å². The van der Waals surface area contributed by atoms with Gasteiger partial charge in [-0.2, -0.15) is 4.31 Å². The number of ether oxygens (including phenoxy) is 1. The normalized spacial score (nSPS) is 23.5. The standard InChI is InChI=1S/C26H47N5O10P2/c1-2-3-4-5-6-7-8-9-10-11-12-13-14-15-16-38-42(34,35)41-43(36,37)39-17-20-22(32)23(33)26(40-20)31-19-30-21-24(27)28-18-29-25(21)31/h18-20,22-23,26,32-33H,2-17H2,1H3,(H,34,35)(H,36,37)(H2,27,28,29)/t20-,22-,23-,26-/m1/s1. The highest BCUT2D eigenvalue weighted by molar-refractivity contribution is 7.61. The number of hydrogen-bond acceptors (Lipinski definition) is 12. The van der Waals surface area contributed by atoms with E-state index in [0.717, 1.165) is 25.7 Å². The van der Waals surface area contributed by atoms with Gasteiger partial charge >= 0.3 is 15.6 Å². The SMILES string of the molecule is CCCCCCCCCCCCCCCCOP(=O)(O)OP(=O)(O)OC[C@H]1O[C@@H](n2cnc3c(N)ncnc32)[C@H](O)[C@@H]1O. The first-order valence-corrected chi connectivity index (χ1v) is 18.1. The van der Waals surface area contributed by atoms with E-state index in [4.69, 9.17) is 19.5 Å². The Morgan fingerprint density at radius 2 is 1.40 bits per heavy atom. The highest BCUT2D eigenvalue weighted by Gasteiger charge is 2.46.